The van der Waals surface area contributed by atoms with Crippen LogP contribution >= 0.6 is 0 Å². The summed E-state index contributed by atoms with van der Waals surface area (Å²) >= 11 is 0. The summed E-state index contributed by atoms with van der Waals surface area (Å²) in [4.78, 5) is 0. The van der Waals surface area contributed by atoms with Gasteiger partial charge in [-0.25, -0.2) is 0 Å². The van der Waals surface area contributed by atoms with Gasteiger partial charge >= 0.3 is 0 Å². The van der Waals surface area contributed by atoms with Crippen molar-refractivity contribution in [2.24, 2.45) is 0 Å². The highest BCUT2D eigenvalue weighted by atomic mass is 16.7. The predicted molar refractivity (Wildman–Crippen MR) is 52.9 cm³/mol. The first-order chi connectivity index (χ1) is 6.84. The van der Waals surface area contributed by atoms with Crippen LogP contribution in [0.15, 0.2) is 0 Å². The van der Waals surface area contributed by atoms with E-state index in [4.69, 9.17) is 9.47 Å². The minimum atomic E-state index is -0.155. The molecule has 0 aromatic carbocycles. The highest BCUT2D eigenvalue weighted by molar-refractivity contribution is 4.73. The molecule has 3 atom stereocenters. The van der Waals surface area contributed by atoms with Crippen molar-refractivity contribution in [3.63, 3.8) is 0 Å². The Morgan fingerprint density at radius 1 is 1.07 bits per heavy atom. The van der Waals surface area contributed by atoms with Crippen molar-refractivity contribution in [3.05, 3.63) is 0 Å². The molecule has 1 aliphatic carbocycles. The maximum atomic E-state index is 9.49. The first kappa shape index (κ1) is 10.4. The second kappa shape index (κ2) is 5.10. The molecule has 0 aromatic rings. The normalized spacial score (nSPS) is 39.6. The summed E-state index contributed by atoms with van der Waals surface area (Å²) in [6, 6.07) is 0. The van der Waals surface area contributed by atoms with Gasteiger partial charge in [0, 0.05) is 6.61 Å². The van der Waals surface area contributed by atoms with Gasteiger partial charge in [-0.05, 0) is 44.9 Å². The smallest absolute Gasteiger partial charge is 0.157 e. The molecule has 2 fully saturated rings. The Bertz CT molecular complexity index is 166. The molecule has 1 heterocycles. The summed E-state index contributed by atoms with van der Waals surface area (Å²) < 4.78 is 11.3. The second-order valence-electron chi connectivity index (χ2n) is 4.37. The Labute approximate surface area is 85.4 Å². The van der Waals surface area contributed by atoms with E-state index in [1.807, 2.05) is 0 Å². The standard InChI is InChI=1S/C11H20O3/c12-9-4-3-5-10(8-9)14-11-6-1-2-7-13-11/h9-12H,1-8H2/t9-,10?,11?/m0/s1. The largest absolute Gasteiger partial charge is 0.393 e. The Morgan fingerprint density at radius 3 is 2.71 bits per heavy atom. The number of hydrogen-bond donors (Lipinski definition) is 1. The molecular formula is C11H20O3. The highest BCUT2D eigenvalue weighted by Gasteiger charge is 2.24. The predicted octanol–water partition coefficient (Wildman–Crippen LogP) is 1.83. The molecule has 14 heavy (non-hydrogen) atoms. The Balaban J connectivity index is 1.72. The van der Waals surface area contributed by atoms with Crippen molar-refractivity contribution in [2.45, 2.75) is 63.4 Å². The van der Waals surface area contributed by atoms with Gasteiger partial charge < -0.3 is 14.6 Å². The van der Waals surface area contributed by atoms with Crippen LogP contribution in [0.2, 0.25) is 0 Å². The van der Waals surface area contributed by atoms with Gasteiger partial charge in [-0.2, -0.15) is 0 Å². The summed E-state index contributed by atoms with van der Waals surface area (Å²) in [6.07, 6.45) is 7.35. The van der Waals surface area contributed by atoms with Gasteiger partial charge in [0.2, 0.25) is 0 Å². The van der Waals surface area contributed by atoms with E-state index in [1.165, 1.54) is 6.42 Å². The van der Waals surface area contributed by atoms with Gasteiger partial charge in [0.25, 0.3) is 0 Å². The van der Waals surface area contributed by atoms with E-state index in [-0.39, 0.29) is 18.5 Å². The van der Waals surface area contributed by atoms with Crippen LogP contribution in [0.3, 0.4) is 0 Å². The minimum Gasteiger partial charge on any atom is -0.393 e. The van der Waals surface area contributed by atoms with Crippen LogP contribution in [0.5, 0.6) is 0 Å². The van der Waals surface area contributed by atoms with Crippen LogP contribution in [0.4, 0.5) is 0 Å². The number of rotatable bonds is 2. The summed E-state index contributed by atoms with van der Waals surface area (Å²) in [5, 5.41) is 9.49. The van der Waals surface area contributed by atoms with E-state index in [0.717, 1.165) is 45.1 Å². The highest BCUT2D eigenvalue weighted by Crippen LogP contribution is 2.24. The summed E-state index contributed by atoms with van der Waals surface area (Å²) in [5.41, 5.74) is 0. The Kier molecular flexibility index (Phi) is 3.79. The maximum absolute atomic E-state index is 9.49. The Hall–Kier alpha value is -0.120. The Morgan fingerprint density at radius 2 is 2.00 bits per heavy atom. The number of aliphatic hydroxyl groups is 1. The molecule has 3 nitrogen and oxygen atoms in total. The molecule has 2 rings (SSSR count). The average molecular weight is 200 g/mol. The molecule has 0 amide bonds. The van der Waals surface area contributed by atoms with Crippen LogP contribution in [0, 0.1) is 0 Å². The van der Waals surface area contributed by atoms with Crippen LogP contribution < -0.4 is 0 Å². The summed E-state index contributed by atoms with van der Waals surface area (Å²) in [6.45, 7) is 0.833. The van der Waals surface area contributed by atoms with Crippen molar-refractivity contribution < 1.29 is 14.6 Å². The van der Waals surface area contributed by atoms with Crippen molar-refractivity contribution in [3.8, 4) is 0 Å². The van der Waals surface area contributed by atoms with Gasteiger partial charge in [0.15, 0.2) is 6.29 Å². The van der Waals surface area contributed by atoms with Crippen LogP contribution in [-0.4, -0.2) is 30.2 Å². The lowest BCUT2D eigenvalue weighted by atomic mass is 9.95. The molecule has 1 saturated carbocycles. The maximum Gasteiger partial charge on any atom is 0.157 e. The second-order valence-corrected chi connectivity index (χ2v) is 4.37. The lowest BCUT2D eigenvalue weighted by Crippen LogP contribution is -2.32. The third-order valence-electron chi connectivity index (χ3n) is 3.08. The van der Waals surface area contributed by atoms with Crippen LogP contribution in [-0.2, 0) is 9.47 Å². The van der Waals surface area contributed by atoms with Crippen molar-refractivity contribution in [1.29, 1.82) is 0 Å². The molecule has 0 aromatic heterocycles. The first-order valence-electron chi connectivity index (χ1n) is 5.80. The zero-order valence-electron chi connectivity index (χ0n) is 8.65. The third kappa shape index (κ3) is 2.94. The SMILES string of the molecule is O[C@H]1CCCC(OC2CCCCO2)C1. The lowest BCUT2D eigenvalue weighted by molar-refractivity contribution is -0.198. The zero-order chi connectivity index (χ0) is 9.80. The molecule has 1 N–H and O–H groups in total. The quantitative estimate of drug-likeness (QED) is 0.739. The van der Waals surface area contributed by atoms with E-state index in [9.17, 15) is 5.11 Å². The molecule has 0 spiro atoms. The number of aliphatic hydroxyl groups excluding tert-OH is 1. The fraction of sp³-hybridized carbons (Fsp3) is 1.00. The van der Waals surface area contributed by atoms with E-state index in [2.05, 4.69) is 0 Å². The van der Waals surface area contributed by atoms with E-state index < -0.39 is 0 Å². The van der Waals surface area contributed by atoms with E-state index in [1.54, 1.807) is 0 Å². The minimum absolute atomic E-state index is 0.000880. The molecule has 1 saturated heterocycles. The van der Waals surface area contributed by atoms with Gasteiger partial charge in [-0.3, -0.25) is 0 Å². The third-order valence-corrected chi connectivity index (χ3v) is 3.08. The van der Waals surface area contributed by atoms with Gasteiger partial charge in [0.05, 0.1) is 12.2 Å². The molecule has 0 radical (unpaired) electrons. The van der Waals surface area contributed by atoms with Gasteiger partial charge in [-0.15, -0.1) is 0 Å². The first-order valence-corrected chi connectivity index (χ1v) is 5.80. The number of hydrogen-bond acceptors (Lipinski definition) is 3. The monoisotopic (exact) mass is 200 g/mol. The lowest BCUT2D eigenvalue weighted by Gasteiger charge is -2.31. The molecule has 2 aliphatic rings. The molecule has 0 bridgehead atoms. The molecular weight excluding hydrogens is 180 g/mol. The van der Waals surface area contributed by atoms with E-state index >= 15 is 0 Å². The molecule has 82 valence electrons. The average Bonchev–Trinajstić information content (AvgIpc) is 2.19. The molecule has 1 aliphatic heterocycles. The summed E-state index contributed by atoms with van der Waals surface area (Å²) in [5.74, 6) is 0. The van der Waals surface area contributed by atoms with Crippen molar-refractivity contribution >= 4 is 0 Å². The summed E-state index contributed by atoms with van der Waals surface area (Å²) in [7, 11) is 0. The van der Waals surface area contributed by atoms with E-state index in [0.29, 0.717) is 0 Å². The molecule has 2 unspecified atom stereocenters. The van der Waals surface area contributed by atoms with Gasteiger partial charge in [-0.1, -0.05) is 0 Å². The van der Waals surface area contributed by atoms with Crippen molar-refractivity contribution in [1.82, 2.24) is 0 Å². The van der Waals surface area contributed by atoms with Gasteiger partial charge in [0.1, 0.15) is 0 Å². The zero-order valence-corrected chi connectivity index (χ0v) is 8.65. The number of ether oxygens (including phenoxy) is 2. The van der Waals surface area contributed by atoms with Crippen molar-refractivity contribution in [2.75, 3.05) is 6.61 Å². The molecule has 3 heteroatoms. The van der Waals surface area contributed by atoms with Crippen LogP contribution in [0.25, 0.3) is 0 Å². The fourth-order valence-electron chi connectivity index (χ4n) is 2.28. The fourth-order valence-corrected chi connectivity index (χ4v) is 2.28. The van der Waals surface area contributed by atoms with Crippen LogP contribution in [0.1, 0.15) is 44.9 Å². The topological polar surface area (TPSA) is 38.7 Å².